The van der Waals surface area contributed by atoms with E-state index in [2.05, 4.69) is 10.6 Å². The molecule has 1 aliphatic carbocycles. The Balaban J connectivity index is 1.57. The smallest absolute Gasteiger partial charge is 0.264 e. The number of carbonyl (C=O) groups excluding carboxylic acids is 3. The number of halogens is 2. The Morgan fingerprint density at radius 1 is 1.28 bits per heavy atom. The number of amides is 3. The molecule has 1 unspecified atom stereocenters. The van der Waals surface area contributed by atoms with Crippen molar-refractivity contribution in [3.05, 3.63) is 34.6 Å². The van der Waals surface area contributed by atoms with Crippen molar-refractivity contribution in [2.24, 2.45) is 0 Å². The molecule has 0 bridgehead atoms. The van der Waals surface area contributed by atoms with Crippen LogP contribution in [-0.4, -0.2) is 52.0 Å². The van der Waals surface area contributed by atoms with E-state index in [1.807, 2.05) is 0 Å². The molecule has 3 rings (SSSR count). The molecule has 1 heterocycles. The van der Waals surface area contributed by atoms with Crippen LogP contribution < -0.4 is 10.6 Å². The molecule has 1 saturated heterocycles. The van der Waals surface area contributed by atoms with Gasteiger partial charge in [0.15, 0.2) is 0 Å². The number of carbonyl (C=O) groups is 3. The first-order valence-electron chi connectivity index (χ1n) is 9.73. The van der Waals surface area contributed by atoms with Gasteiger partial charge in [-0.1, -0.05) is 11.6 Å². The minimum Gasteiger partial charge on any atom is -0.372 e. The lowest BCUT2D eigenvalue weighted by molar-refractivity contribution is -0.155. The second-order valence-electron chi connectivity index (χ2n) is 7.78. The lowest BCUT2D eigenvalue weighted by Gasteiger charge is -2.35. The summed E-state index contributed by atoms with van der Waals surface area (Å²) in [7, 11) is 0. The van der Waals surface area contributed by atoms with Crippen LogP contribution in [0.1, 0.15) is 44.6 Å². The third-order valence-corrected chi connectivity index (χ3v) is 5.84. The van der Waals surface area contributed by atoms with Crippen molar-refractivity contribution in [2.45, 2.75) is 63.3 Å². The molecule has 2 fully saturated rings. The number of nitrogens with one attached hydrogen (secondary N) is 2. The molecule has 1 saturated carbocycles. The van der Waals surface area contributed by atoms with Gasteiger partial charge in [-0.15, -0.1) is 0 Å². The van der Waals surface area contributed by atoms with E-state index in [-0.39, 0.29) is 36.0 Å². The predicted molar refractivity (Wildman–Crippen MR) is 104 cm³/mol. The SMILES string of the molecule is CC(=O)NC1CCC(N2CCC(O)(C(=O)NCc3cc(F)cc(Cl)c3)C2=O)CC1. The van der Waals surface area contributed by atoms with Crippen molar-refractivity contribution < 1.29 is 23.9 Å². The van der Waals surface area contributed by atoms with Crippen LogP contribution in [0.4, 0.5) is 4.39 Å². The normalized spacial score (nSPS) is 27.0. The molecule has 1 atom stereocenters. The summed E-state index contributed by atoms with van der Waals surface area (Å²) in [4.78, 5) is 38.1. The minimum atomic E-state index is -2.12. The van der Waals surface area contributed by atoms with Crippen LogP contribution in [0.2, 0.25) is 5.02 Å². The largest absolute Gasteiger partial charge is 0.372 e. The van der Waals surface area contributed by atoms with Crippen LogP contribution in [0.25, 0.3) is 0 Å². The van der Waals surface area contributed by atoms with E-state index in [1.54, 1.807) is 4.90 Å². The van der Waals surface area contributed by atoms with Crippen molar-refractivity contribution in [1.82, 2.24) is 15.5 Å². The summed E-state index contributed by atoms with van der Waals surface area (Å²) in [6.07, 6.45) is 2.91. The maximum atomic E-state index is 13.4. The molecule has 0 aromatic heterocycles. The monoisotopic (exact) mass is 425 g/mol. The quantitative estimate of drug-likeness (QED) is 0.623. The number of aliphatic hydroxyl groups is 1. The molecule has 0 radical (unpaired) electrons. The van der Waals surface area contributed by atoms with Gasteiger partial charge < -0.3 is 20.6 Å². The lowest BCUT2D eigenvalue weighted by atomic mass is 9.90. The summed E-state index contributed by atoms with van der Waals surface area (Å²) < 4.78 is 13.4. The van der Waals surface area contributed by atoms with Crippen molar-refractivity contribution in [2.75, 3.05) is 6.54 Å². The summed E-state index contributed by atoms with van der Waals surface area (Å²) in [5, 5.41) is 16.3. The van der Waals surface area contributed by atoms with Gasteiger partial charge >= 0.3 is 0 Å². The fourth-order valence-electron chi connectivity index (χ4n) is 4.15. The number of nitrogens with zero attached hydrogens (tertiary/aromatic N) is 1. The standard InChI is InChI=1S/C20H25ClFN3O4/c1-12(26)24-16-2-4-17(5-3-16)25-7-6-20(29,19(25)28)18(27)23-11-13-8-14(21)10-15(22)9-13/h8-10,16-17,29H,2-7,11H2,1H3,(H,23,27)(H,24,26). The average molecular weight is 426 g/mol. The van der Waals surface area contributed by atoms with Crippen LogP contribution >= 0.6 is 11.6 Å². The molecular weight excluding hydrogens is 401 g/mol. The molecule has 7 nitrogen and oxygen atoms in total. The Morgan fingerprint density at radius 3 is 2.59 bits per heavy atom. The first kappa shape index (κ1) is 21.5. The molecule has 3 amide bonds. The summed E-state index contributed by atoms with van der Waals surface area (Å²) in [6.45, 7) is 1.73. The van der Waals surface area contributed by atoms with Crippen LogP contribution in [0.3, 0.4) is 0 Å². The van der Waals surface area contributed by atoms with Crippen molar-refractivity contribution in [1.29, 1.82) is 0 Å². The molecule has 158 valence electrons. The number of likely N-dealkylation sites (tertiary alicyclic amines) is 1. The van der Waals surface area contributed by atoms with E-state index < -0.39 is 23.2 Å². The summed E-state index contributed by atoms with van der Waals surface area (Å²) in [5.41, 5.74) is -1.68. The van der Waals surface area contributed by atoms with Crippen LogP contribution in [0.5, 0.6) is 0 Å². The first-order valence-corrected chi connectivity index (χ1v) is 10.1. The maximum absolute atomic E-state index is 13.4. The Hall–Kier alpha value is -2.19. The fraction of sp³-hybridized carbons (Fsp3) is 0.550. The zero-order valence-corrected chi connectivity index (χ0v) is 17.0. The van der Waals surface area contributed by atoms with Gasteiger partial charge in [0.1, 0.15) is 5.82 Å². The van der Waals surface area contributed by atoms with Crippen LogP contribution in [0.15, 0.2) is 18.2 Å². The molecule has 9 heteroatoms. The highest BCUT2D eigenvalue weighted by Gasteiger charge is 2.52. The lowest BCUT2D eigenvalue weighted by Crippen LogP contribution is -2.54. The highest BCUT2D eigenvalue weighted by Crippen LogP contribution is 2.31. The van der Waals surface area contributed by atoms with Crippen LogP contribution in [-0.2, 0) is 20.9 Å². The summed E-state index contributed by atoms with van der Waals surface area (Å²) in [6, 6.07) is 3.93. The molecule has 29 heavy (non-hydrogen) atoms. The van der Waals surface area contributed by atoms with Crippen molar-refractivity contribution in [3.63, 3.8) is 0 Å². The number of rotatable bonds is 5. The molecule has 2 aliphatic rings. The Kier molecular flexibility index (Phi) is 6.43. The number of benzene rings is 1. The van der Waals surface area contributed by atoms with Gasteiger partial charge in [0.2, 0.25) is 11.5 Å². The second-order valence-corrected chi connectivity index (χ2v) is 8.21. The average Bonchev–Trinajstić information content (AvgIpc) is 2.95. The molecular formula is C20H25ClFN3O4. The fourth-order valence-corrected chi connectivity index (χ4v) is 4.39. The van der Waals surface area contributed by atoms with Crippen molar-refractivity contribution >= 4 is 29.3 Å². The van der Waals surface area contributed by atoms with E-state index in [1.165, 1.54) is 19.1 Å². The molecule has 3 N–H and O–H groups in total. The molecule has 0 spiro atoms. The van der Waals surface area contributed by atoms with E-state index in [9.17, 15) is 23.9 Å². The Labute approximate surface area is 173 Å². The highest BCUT2D eigenvalue weighted by atomic mass is 35.5. The van der Waals surface area contributed by atoms with Crippen molar-refractivity contribution in [3.8, 4) is 0 Å². The number of hydrogen-bond donors (Lipinski definition) is 3. The van der Waals surface area contributed by atoms with E-state index >= 15 is 0 Å². The topological polar surface area (TPSA) is 98.7 Å². The van der Waals surface area contributed by atoms with Gasteiger partial charge in [-0.05, 0) is 49.4 Å². The number of hydrogen-bond acceptors (Lipinski definition) is 4. The maximum Gasteiger partial charge on any atom is 0.264 e. The molecule has 1 aromatic carbocycles. The third kappa shape index (κ3) is 4.87. The first-order chi connectivity index (χ1) is 13.7. The highest BCUT2D eigenvalue weighted by molar-refractivity contribution is 6.30. The summed E-state index contributed by atoms with van der Waals surface area (Å²) >= 11 is 5.80. The van der Waals surface area contributed by atoms with Gasteiger partial charge in [-0.25, -0.2) is 4.39 Å². The Bertz CT molecular complexity index is 793. The van der Waals surface area contributed by atoms with E-state index in [0.717, 1.165) is 18.9 Å². The zero-order valence-electron chi connectivity index (χ0n) is 16.2. The zero-order chi connectivity index (χ0) is 21.2. The van der Waals surface area contributed by atoms with Gasteiger partial charge in [0.25, 0.3) is 11.8 Å². The molecule has 1 aromatic rings. The van der Waals surface area contributed by atoms with Gasteiger partial charge in [-0.3, -0.25) is 14.4 Å². The Morgan fingerprint density at radius 2 is 1.97 bits per heavy atom. The predicted octanol–water partition coefficient (Wildman–Crippen LogP) is 1.51. The minimum absolute atomic E-state index is 0.00714. The van der Waals surface area contributed by atoms with Gasteiger partial charge in [0.05, 0.1) is 0 Å². The van der Waals surface area contributed by atoms with Crippen LogP contribution in [0, 0.1) is 5.82 Å². The second kappa shape index (κ2) is 8.67. The van der Waals surface area contributed by atoms with E-state index in [0.29, 0.717) is 24.9 Å². The molecule has 1 aliphatic heterocycles. The van der Waals surface area contributed by atoms with Gasteiger partial charge in [0, 0.05) is 43.5 Å². The van der Waals surface area contributed by atoms with E-state index in [4.69, 9.17) is 11.6 Å². The summed E-state index contributed by atoms with van der Waals surface area (Å²) in [5.74, 6) is -2.00. The third-order valence-electron chi connectivity index (χ3n) is 5.63. The van der Waals surface area contributed by atoms with Gasteiger partial charge in [-0.2, -0.15) is 0 Å².